The molecule has 6 heteroatoms. The molecule has 1 atom stereocenters. The monoisotopic (exact) mass is 285 g/mol. The zero-order valence-corrected chi connectivity index (χ0v) is 12.2. The molecule has 0 bridgehead atoms. The second-order valence-electron chi connectivity index (χ2n) is 4.56. The van der Waals surface area contributed by atoms with E-state index in [1.165, 1.54) is 14.1 Å². The summed E-state index contributed by atoms with van der Waals surface area (Å²) in [6.07, 6.45) is 0. The van der Waals surface area contributed by atoms with Crippen LogP contribution in [0.1, 0.15) is 12.5 Å². The van der Waals surface area contributed by atoms with Gasteiger partial charge in [-0.05, 0) is 5.56 Å². The molecule has 0 aliphatic rings. The molecule has 0 aliphatic carbocycles. The number of ether oxygens (including phenoxy) is 1. The first-order valence-corrected chi connectivity index (χ1v) is 7.54. The van der Waals surface area contributed by atoms with Gasteiger partial charge in [0.1, 0.15) is 6.61 Å². The number of hydrogen-bond donors (Lipinski definition) is 0. The van der Waals surface area contributed by atoms with Crippen molar-refractivity contribution in [2.45, 2.75) is 13.5 Å². The summed E-state index contributed by atoms with van der Waals surface area (Å²) in [5, 5.41) is 0. The molecule has 0 unspecified atom stereocenters. The molecule has 1 rings (SSSR count). The SMILES string of the molecule is C[C@H](CS(=O)(=O)N(C)C)C(=O)OCc1ccccc1. The number of benzene rings is 1. The van der Waals surface area contributed by atoms with Crippen molar-refractivity contribution in [3.8, 4) is 0 Å². The van der Waals surface area contributed by atoms with E-state index in [4.69, 9.17) is 4.74 Å². The van der Waals surface area contributed by atoms with Crippen molar-refractivity contribution in [1.82, 2.24) is 4.31 Å². The van der Waals surface area contributed by atoms with Crippen LogP contribution in [-0.2, 0) is 26.2 Å². The summed E-state index contributed by atoms with van der Waals surface area (Å²) in [5.41, 5.74) is 0.874. The predicted octanol–water partition coefficient (Wildman–Crippen LogP) is 1.26. The first-order valence-electron chi connectivity index (χ1n) is 5.93. The minimum Gasteiger partial charge on any atom is -0.461 e. The van der Waals surface area contributed by atoms with Crippen LogP contribution in [0.3, 0.4) is 0 Å². The summed E-state index contributed by atoms with van der Waals surface area (Å²) in [5.74, 6) is -1.43. The average molecular weight is 285 g/mol. The molecule has 0 amide bonds. The molecule has 0 fully saturated rings. The highest BCUT2D eigenvalue weighted by Crippen LogP contribution is 2.08. The van der Waals surface area contributed by atoms with E-state index in [2.05, 4.69) is 0 Å². The number of nitrogens with zero attached hydrogens (tertiary/aromatic N) is 1. The van der Waals surface area contributed by atoms with Gasteiger partial charge in [-0.25, -0.2) is 12.7 Å². The third-order valence-corrected chi connectivity index (χ3v) is 4.68. The third kappa shape index (κ3) is 5.00. The molecule has 19 heavy (non-hydrogen) atoms. The van der Waals surface area contributed by atoms with Gasteiger partial charge in [-0.15, -0.1) is 0 Å². The van der Waals surface area contributed by atoms with Crippen LogP contribution < -0.4 is 0 Å². The first kappa shape index (κ1) is 15.7. The molecule has 0 N–H and O–H groups in total. The Morgan fingerprint density at radius 2 is 1.84 bits per heavy atom. The average Bonchev–Trinajstić information content (AvgIpc) is 2.36. The standard InChI is InChI=1S/C13H19NO4S/c1-11(10-19(16,17)14(2)3)13(15)18-9-12-7-5-4-6-8-12/h4-8,11H,9-10H2,1-3H3/t11-/m1/s1. The minimum absolute atomic E-state index is 0.159. The lowest BCUT2D eigenvalue weighted by atomic mass is 10.2. The lowest BCUT2D eigenvalue weighted by Gasteiger charge is -2.15. The van der Waals surface area contributed by atoms with Gasteiger partial charge < -0.3 is 4.74 Å². The van der Waals surface area contributed by atoms with E-state index in [0.29, 0.717) is 0 Å². The highest BCUT2D eigenvalue weighted by Gasteiger charge is 2.24. The van der Waals surface area contributed by atoms with Crippen molar-refractivity contribution in [3.05, 3.63) is 35.9 Å². The topological polar surface area (TPSA) is 63.7 Å². The second kappa shape index (κ2) is 6.68. The van der Waals surface area contributed by atoms with Crippen molar-refractivity contribution < 1.29 is 17.9 Å². The Balaban J connectivity index is 2.50. The summed E-state index contributed by atoms with van der Waals surface area (Å²) in [7, 11) is -0.509. The van der Waals surface area contributed by atoms with Gasteiger partial charge in [-0.2, -0.15) is 0 Å². The van der Waals surface area contributed by atoms with Crippen LogP contribution in [0, 0.1) is 5.92 Å². The fourth-order valence-electron chi connectivity index (χ4n) is 1.40. The van der Waals surface area contributed by atoms with Crippen LogP contribution in [0.5, 0.6) is 0 Å². The van der Waals surface area contributed by atoms with Gasteiger partial charge in [-0.3, -0.25) is 4.79 Å². The zero-order valence-electron chi connectivity index (χ0n) is 11.4. The lowest BCUT2D eigenvalue weighted by molar-refractivity contribution is -0.148. The fraction of sp³-hybridized carbons (Fsp3) is 0.462. The Kier molecular flexibility index (Phi) is 5.50. The highest BCUT2D eigenvalue weighted by atomic mass is 32.2. The van der Waals surface area contributed by atoms with Gasteiger partial charge in [0.25, 0.3) is 0 Å². The van der Waals surface area contributed by atoms with E-state index in [1.807, 2.05) is 30.3 Å². The van der Waals surface area contributed by atoms with E-state index in [0.717, 1.165) is 9.87 Å². The van der Waals surface area contributed by atoms with Crippen molar-refractivity contribution in [3.63, 3.8) is 0 Å². The molecule has 0 spiro atoms. The Bertz CT molecular complexity index is 511. The van der Waals surface area contributed by atoms with Crippen LogP contribution in [-0.4, -0.2) is 38.5 Å². The van der Waals surface area contributed by atoms with E-state index in [1.54, 1.807) is 6.92 Å². The van der Waals surface area contributed by atoms with Crippen LogP contribution in [0.4, 0.5) is 0 Å². The summed E-state index contributed by atoms with van der Waals surface area (Å²) in [4.78, 5) is 11.7. The van der Waals surface area contributed by atoms with Crippen LogP contribution >= 0.6 is 0 Å². The second-order valence-corrected chi connectivity index (χ2v) is 6.78. The Labute approximate surface area is 114 Å². The number of carbonyl (C=O) groups excluding carboxylic acids is 1. The Hall–Kier alpha value is -1.40. The van der Waals surface area contributed by atoms with Crippen LogP contribution in [0.25, 0.3) is 0 Å². The maximum absolute atomic E-state index is 11.7. The molecule has 0 radical (unpaired) electrons. The quantitative estimate of drug-likeness (QED) is 0.738. The predicted molar refractivity (Wildman–Crippen MR) is 72.9 cm³/mol. The molecular formula is C13H19NO4S. The molecule has 0 saturated carbocycles. The number of hydrogen-bond acceptors (Lipinski definition) is 4. The Morgan fingerprint density at radius 3 is 2.37 bits per heavy atom. The van der Waals surface area contributed by atoms with Gasteiger partial charge in [0.05, 0.1) is 11.7 Å². The number of sulfonamides is 1. The number of rotatable bonds is 6. The molecule has 1 aromatic carbocycles. The van der Waals surface area contributed by atoms with E-state index < -0.39 is 21.9 Å². The molecule has 0 heterocycles. The number of carbonyl (C=O) groups is 1. The zero-order chi connectivity index (χ0) is 14.5. The van der Waals surface area contributed by atoms with Gasteiger partial charge >= 0.3 is 5.97 Å². The summed E-state index contributed by atoms with van der Waals surface area (Å²) in [6.45, 7) is 1.71. The molecule has 0 saturated heterocycles. The van der Waals surface area contributed by atoms with Crippen LogP contribution in [0.15, 0.2) is 30.3 Å². The summed E-state index contributed by atoms with van der Waals surface area (Å²) < 4.78 is 29.5. The molecule has 5 nitrogen and oxygen atoms in total. The lowest BCUT2D eigenvalue weighted by Crippen LogP contribution is -2.31. The van der Waals surface area contributed by atoms with Gasteiger partial charge in [0.2, 0.25) is 10.0 Å². The van der Waals surface area contributed by atoms with E-state index >= 15 is 0 Å². The van der Waals surface area contributed by atoms with Gasteiger partial charge in [-0.1, -0.05) is 37.3 Å². The molecule has 106 valence electrons. The van der Waals surface area contributed by atoms with Crippen molar-refractivity contribution in [2.24, 2.45) is 5.92 Å². The van der Waals surface area contributed by atoms with E-state index in [-0.39, 0.29) is 12.4 Å². The van der Waals surface area contributed by atoms with E-state index in [9.17, 15) is 13.2 Å². The maximum atomic E-state index is 11.7. The molecule has 0 aromatic heterocycles. The summed E-state index contributed by atoms with van der Waals surface area (Å²) >= 11 is 0. The van der Waals surface area contributed by atoms with Crippen molar-refractivity contribution in [2.75, 3.05) is 19.8 Å². The number of esters is 1. The normalized spacial score (nSPS) is 13.3. The van der Waals surface area contributed by atoms with Gasteiger partial charge in [0.15, 0.2) is 0 Å². The first-order chi connectivity index (χ1) is 8.83. The van der Waals surface area contributed by atoms with Gasteiger partial charge in [0, 0.05) is 14.1 Å². The van der Waals surface area contributed by atoms with Crippen molar-refractivity contribution >= 4 is 16.0 Å². The highest BCUT2D eigenvalue weighted by molar-refractivity contribution is 7.89. The molecular weight excluding hydrogens is 266 g/mol. The van der Waals surface area contributed by atoms with Crippen molar-refractivity contribution in [1.29, 1.82) is 0 Å². The largest absolute Gasteiger partial charge is 0.461 e. The molecule has 0 aliphatic heterocycles. The Morgan fingerprint density at radius 1 is 1.26 bits per heavy atom. The molecule has 1 aromatic rings. The third-order valence-electron chi connectivity index (χ3n) is 2.64. The summed E-state index contributed by atoms with van der Waals surface area (Å²) in [6, 6.07) is 9.26. The minimum atomic E-state index is -3.39. The smallest absolute Gasteiger partial charge is 0.310 e. The fourth-order valence-corrected chi connectivity index (χ4v) is 2.47. The van der Waals surface area contributed by atoms with Crippen LogP contribution in [0.2, 0.25) is 0 Å². The maximum Gasteiger partial charge on any atom is 0.310 e.